The first-order chi connectivity index (χ1) is 15.5. The van der Waals surface area contributed by atoms with Gasteiger partial charge in [0.05, 0.1) is 35.5 Å². The number of benzene rings is 2. The van der Waals surface area contributed by atoms with E-state index in [0.717, 1.165) is 5.39 Å². The predicted molar refractivity (Wildman–Crippen MR) is 124 cm³/mol. The zero-order valence-electron chi connectivity index (χ0n) is 17.0. The fourth-order valence-electron chi connectivity index (χ4n) is 3.79. The molecular weight excluding hydrogens is 449 g/mol. The number of aromatic nitrogens is 1. The smallest absolute Gasteiger partial charge is 0.276 e. The summed E-state index contributed by atoms with van der Waals surface area (Å²) in [5.41, 5.74) is 2.40. The van der Waals surface area contributed by atoms with Crippen LogP contribution in [0.5, 0.6) is 5.75 Å². The van der Waals surface area contributed by atoms with E-state index < -0.39 is 6.04 Å². The molecule has 0 N–H and O–H groups in total. The number of fused-ring (bicyclic) bond motifs is 1. The van der Waals surface area contributed by atoms with Crippen LogP contribution in [0.3, 0.4) is 0 Å². The Morgan fingerprint density at radius 1 is 1.12 bits per heavy atom. The number of furan rings is 1. The minimum absolute atomic E-state index is 0.295. The number of hydrazone groups is 1. The molecule has 6 nitrogen and oxygen atoms in total. The van der Waals surface area contributed by atoms with Crippen LogP contribution in [0, 0.1) is 0 Å². The Morgan fingerprint density at radius 3 is 2.72 bits per heavy atom. The van der Waals surface area contributed by atoms with Gasteiger partial charge in [-0.2, -0.15) is 5.10 Å². The van der Waals surface area contributed by atoms with E-state index in [0.29, 0.717) is 50.5 Å². The van der Waals surface area contributed by atoms with Gasteiger partial charge in [-0.25, -0.2) is 9.99 Å². The highest BCUT2D eigenvalue weighted by atomic mass is 35.5. The van der Waals surface area contributed by atoms with Crippen LogP contribution >= 0.6 is 23.2 Å². The topological polar surface area (TPSA) is 67.9 Å². The minimum Gasteiger partial charge on any atom is -0.497 e. The number of methoxy groups -OCH3 is 1. The number of nitrogens with zero attached hydrogens (tertiary/aromatic N) is 3. The third-order valence-electron chi connectivity index (χ3n) is 5.39. The highest BCUT2D eigenvalue weighted by molar-refractivity contribution is 6.34. The quantitative estimate of drug-likeness (QED) is 0.339. The van der Waals surface area contributed by atoms with E-state index in [4.69, 9.17) is 32.4 Å². The number of amides is 1. The molecule has 0 bridgehead atoms. The van der Waals surface area contributed by atoms with E-state index in [1.807, 2.05) is 30.3 Å². The van der Waals surface area contributed by atoms with Crippen molar-refractivity contribution in [2.24, 2.45) is 5.10 Å². The van der Waals surface area contributed by atoms with Gasteiger partial charge in [0, 0.05) is 23.4 Å². The summed E-state index contributed by atoms with van der Waals surface area (Å²) >= 11 is 12.9. The molecule has 0 saturated heterocycles. The second-order valence-corrected chi connectivity index (χ2v) is 8.07. The van der Waals surface area contributed by atoms with E-state index >= 15 is 0 Å². The van der Waals surface area contributed by atoms with Crippen LogP contribution in [0.15, 0.2) is 76.4 Å². The Balaban J connectivity index is 1.60. The van der Waals surface area contributed by atoms with Crippen LogP contribution in [0.25, 0.3) is 10.9 Å². The first kappa shape index (κ1) is 20.5. The highest BCUT2D eigenvalue weighted by Gasteiger charge is 2.36. The maximum Gasteiger partial charge on any atom is 0.276 e. The predicted octanol–water partition coefficient (Wildman–Crippen LogP) is 6.13. The molecular formula is C24H17Cl2N3O3. The van der Waals surface area contributed by atoms with Crippen molar-refractivity contribution < 1.29 is 13.9 Å². The van der Waals surface area contributed by atoms with Crippen molar-refractivity contribution in [3.8, 4) is 5.75 Å². The summed E-state index contributed by atoms with van der Waals surface area (Å²) in [5.74, 6) is 0.959. The molecule has 4 aromatic rings. The largest absolute Gasteiger partial charge is 0.497 e. The van der Waals surface area contributed by atoms with Crippen molar-refractivity contribution in [2.75, 3.05) is 7.11 Å². The van der Waals surface area contributed by atoms with Gasteiger partial charge in [-0.05, 0) is 42.5 Å². The molecule has 2 aromatic carbocycles. The normalized spacial score (nSPS) is 15.8. The zero-order valence-corrected chi connectivity index (χ0v) is 18.5. The Labute approximate surface area is 194 Å². The second-order valence-electron chi connectivity index (χ2n) is 7.30. The summed E-state index contributed by atoms with van der Waals surface area (Å²) in [6, 6.07) is 17.5. The van der Waals surface area contributed by atoms with Crippen LogP contribution in [0.1, 0.15) is 34.1 Å². The highest BCUT2D eigenvalue weighted by Crippen LogP contribution is 2.39. The van der Waals surface area contributed by atoms with Gasteiger partial charge in [0.15, 0.2) is 0 Å². The van der Waals surface area contributed by atoms with Crippen LogP contribution in [0.2, 0.25) is 10.2 Å². The molecule has 1 unspecified atom stereocenters. The van der Waals surface area contributed by atoms with Gasteiger partial charge in [0.2, 0.25) is 0 Å². The number of hydrogen-bond donors (Lipinski definition) is 0. The number of pyridine rings is 1. The number of hydrogen-bond acceptors (Lipinski definition) is 5. The van der Waals surface area contributed by atoms with Gasteiger partial charge < -0.3 is 9.15 Å². The molecule has 0 saturated carbocycles. The molecule has 5 rings (SSSR count). The number of halogens is 2. The third kappa shape index (κ3) is 3.61. The fourth-order valence-corrected chi connectivity index (χ4v) is 4.28. The lowest BCUT2D eigenvalue weighted by molar-refractivity contribution is 0.0711. The molecule has 1 atom stereocenters. The van der Waals surface area contributed by atoms with Crippen LogP contribution < -0.4 is 4.74 Å². The Hall–Kier alpha value is -3.35. The van der Waals surface area contributed by atoms with Crippen molar-refractivity contribution in [2.45, 2.75) is 12.5 Å². The molecule has 0 radical (unpaired) electrons. The lowest BCUT2D eigenvalue weighted by Crippen LogP contribution is -2.27. The molecule has 160 valence electrons. The zero-order chi connectivity index (χ0) is 22.2. The summed E-state index contributed by atoms with van der Waals surface area (Å²) in [7, 11) is 1.60. The molecule has 0 aliphatic carbocycles. The van der Waals surface area contributed by atoms with Gasteiger partial charge >= 0.3 is 0 Å². The van der Waals surface area contributed by atoms with Crippen molar-refractivity contribution in [3.05, 3.63) is 94.0 Å². The molecule has 0 spiro atoms. The summed E-state index contributed by atoms with van der Waals surface area (Å²) in [6.07, 6.45) is 2.00. The van der Waals surface area contributed by atoms with Crippen molar-refractivity contribution in [3.63, 3.8) is 0 Å². The monoisotopic (exact) mass is 465 g/mol. The van der Waals surface area contributed by atoms with Crippen molar-refractivity contribution in [1.82, 2.24) is 9.99 Å². The summed E-state index contributed by atoms with van der Waals surface area (Å²) in [4.78, 5) is 18.0. The average Bonchev–Trinajstić information content (AvgIpc) is 3.48. The van der Waals surface area contributed by atoms with Gasteiger partial charge in [0.25, 0.3) is 5.91 Å². The number of carbonyl (C=O) groups is 1. The minimum atomic E-state index is -0.467. The fraction of sp³-hybridized carbons (Fsp3) is 0.125. The maximum atomic E-state index is 13.4. The number of carbonyl (C=O) groups excluding carboxylic acids is 1. The van der Waals surface area contributed by atoms with E-state index in [1.165, 1.54) is 5.01 Å². The maximum absolute atomic E-state index is 13.4. The lowest BCUT2D eigenvalue weighted by Gasteiger charge is -2.23. The standard InChI is InChI=1S/C24H17Cl2N3O3/c1-31-15-9-8-14-11-17(23(26)27-19(14)12-15)21-13-20(22-7-4-10-32-22)28-29(21)24(30)16-5-2-3-6-18(16)25/h2-12,21H,13H2,1H3. The summed E-state index contributed by atoms with van der Waals surface area (Å²) < 4.78 is 10.8. The van der Waals surface area contributed by atoms with Crippen molar-refractivity contribution in [1.29, 1.82) is 0 Å². The number of rotatable bonds is 4. The number of ether oxygens (including phenoxy) is 1. The molecule has 8 heteroatoms. The first-order valence-electron chi connectivity index (χ1n) is 9.89. The molecule has 2 aromatic heterocycles. The lowest BCUT2D eigenvalue weighted by atomic mass is 10.00. The second kappa shape index (κ2) is 8.30. The SMILES string of the molecule is COc1ccc2cc(C3CC(c4ccco4)=NN3C(=O)c3ccccc3Cl)c(Cl)nc2c1. The van der Waals surface area contributed by atoms with Gasteiger partial charge in [-0.15, -0.1) is 0 Å². The van der Waals surface area contributed by atoms with Gasteiger partial charge in [-0.3, -0.25) is 4.79 Å². The molecule has 3 heterocycles. The third-order valence-corrected chi connectivity index (χ3v) is 6.03. The average molecular weight is 466 g/mol. The van der Waals surface area contributed by atoms with E-state index in [-0.39, 0.29) is 5.91 Å². The first-order valence-corrected chi connectivity index (χ1v) is 10.6. The van der Waals surface area contributed by atoms with E-state index in [9.17, 15) is 4.79 Å². The van der Waals surface area contributed by atoms with Crippen LogP contribution in [-0.4, -0.2) is 28.7 Å². The van der Waals surface area contributed by atoms with Crippen LogP contribution in [0.4, 0.5) is 0 Å². The summed E-state index contributed by atoms with van der Waals surface area (Å²) in [5, 5.41) is 7.54. The molecule has 0 fully saturated rings. The van der Waals surface area contributed by atoms with Crippen LogP contribution in [-0.2, 0) is 0 Å². The van der Waals surface area contributed by atoms with Gasteiger partial charge in [-0.1, -0.05) is 35.3 Å². The summed E-state index contributed by atoms with van der Waals surface area (Å²) in [6.45, 7) is 0. The molecule has 1 amide bonds. The molecule has 1 aliphatic heterocycles. The van der Waals surface area contributed by atoms with E-state index in [1.54, 1.807) is 43.7 Å². The molecule has 32 heavy (non-hydrogen) atoms. The Morgan fingerprint density at radius 2 is 1.97 bits per heavy atom. The van der Waals surface area contributed by atoms with E-state index in [2.05, 4.69) is 10.1 Å². The Kier molecular flexibility index (Phi) is 5.33. The molecule has 1 aliphatic rings. The Bertz CT molecular complexity index is 1350. The van der Waals surface area contributed by atoms with Crippen molar-refractivity contribution >= 4 is 45.7 Å². The van der Waals surface area contributed by atoms with Gasteiger partial charge in [0.1, 0.15) is 22.4 Å².